The topological polar surface area (TPSA) is 58.4 Å². The van der Waals surface area contributed by atoms with E-state index in [-0.39, 0.29) is 11.9 Å². The number of hydrogen-bond acceptors (Lipinski definition) is 3. The van der Waals surface area contributed by atoms with E-state index in [1.807, 2.05) is 6.07 Å². The van der Waals surface area contributed by atoms with E-state index in [1.54, 1.807) is 24.3 Å². The summed E-state index contributed by atoms with van der Waals surface area (Å²) in [6, 6.07) is 8.12. The van der Waals surface area contributed by atoms with Crippen LogP contribution in [0.2, 0.25) is 0 Å². The van der Waals surface area contributed by atoms with Crippen molar-refractivity contribution in [2.24, 2.45) is 5.73 Å². The van der Waals surface area contributed by atoms with Gasteiger partial charge in [0.1, 0.15) is 6.04 Å². The van der Waals surface area contributed by atoms with Crippen LogP contribution in [0.4, 0.5) is 13.2 Å². The molecular weight excluding hydrogens is 295 g/mol. The Morgan fingerprint density at radius 1 is 1.27 bits per heavy atom. The van der Waals surface area contributed by atoms with Gasteiger partial charge in [-0.25, -0.2) is 0 Å². The maximum Gasteiger partial charge on any atom is 0.401 e. The van der Waals surface area contributed by atoms with Gasteiger partial charge >= 0.3 is 6.18 Å². The summed E-state index contributed by atoms with van der Waals surface area (Å²) in [4.78, 5) is 13.5. The smallest absolute Gasteiger partial charge is 0.352 e. The van der Waals surface area contributed by atoms with Crippen molar-refractivity contribution in [2.45, 2.75) is 31.1 Å². The molecule has 1 unspecified atom stereocenters. The zero-order valence-electron chi connectivity index (χ0n) is 12.1. The van der Waals surface area contributed by atoms with Crippen molar-refractivity contribution >= 4 is 5.91 Å². The molecule has 22 heavy (non-hydrogen) atoms. The predicted octanol–water partition coefficient (Wildman–Crippen LogP) is 1.83. The van der Waals surface area contributed by atoms with Crippen LogP contribution < -0.4 is 11.1 Å². The van der Waals surface area contributed by atoms with Crippen LogP contribution in [-0.2, 0) is 4.79 Å². The molecule has 122 valence electrons. The molecule has 1 amide bonds. The third-order valence-corrected chi connectivity index (χ3v) is 3.78. The fourth-order valence-corrected chi connectivity index (χ4v) is 2.59. The summed E-state index contributed by atoms with van der Waals surface area (Å²) in [5, 5.41) is 2.83. The van der Waals surface area contributed by atoms with Gasteiger partial charge in [0.05, 0.1) is 6.54 Å². The van der Waals surface area contributed by atoms with Crippen molar-refractivity contribution in [2.75, 3.05) is 19.6 Å². The van der Waals surface area contributed by atoms with Gasteiger partial charge in [-0.15, -0.1) is 0 Å². The lowest BCUT2D eigenvalue weighted by atomic mass is 10.0. The number of nitrogens with one attached hydrogen (secondary N) is 1. The van der Waals surface area contributed by atoms with Crippen molar-refractivity contribution in [1.82, 2.24) is 10.2 Å². The Balaban J connectivity index is 1.79. The van der Waals surface area contributed by atoms with E-state index in [2.05, 4.69) is 5.32 Å². The minimum absolute atomic E-state index is 0.119. The molecule has 0 aliphatic carbocycles. The molecule has 1 aliphatic rings. The molecule has 0 spiro atoms. The summed E-state index contributed by atoms with van der Waals surface area (Å²) in [6.45, 7) is -0.243. The van der Waals surface area contributed by atoms with Crippen molar-refractivity contribution in [1.29, 1.82) is 0 Å². The Hall–Kier alpha value is -1.60. The van der Waals surface area contributed by atoms with Crippen molar-refractivity contribution in [3.05, 3.63) is 35.9 Å². The first-order chi connectivity index (χ1) is 10.3. The summed E-state index contributed by atoms with van der Waals surface area (Å²) >= 11 is 0. The Morgan fingerprint density at radius 2 is 1.86 bits per heavy atom. The van der Waals surface area contributed by atoms with E-state index >= 15 is 0 Å². The molecule has 0 aromatic heterocycles. The molecule has 0 saturated carbocycles. The standard InChI is InChI=1S/C15H20F3N3O/c16-15(17,18)10-21-8-6-12(7-9-21)20-14(22)13(19)11-4-2-1-3-5-11/h1-5,12-13H,6-10,19H2,(H,20,22). The van der Waals surface area contributed by atoms with Gasteiger partial charge in [0, 0.05) is 19.1 Å². The lowest BCUT2D eigenvalue weighted by Gasteiger charge is -2.33. The van der Waals surface area contributed by atoms with E-state index in [4.69, 9.17) is 5.73 Å². The number of carbonyl (C=O) groups excluding carboxylic acids is 1. The number of amides is 1. The largest absolute Gasteiger partial charge is 0.401 e. The van der Waals surface area contributed by atoms with Gasteiger partial charge < -0.3 is 11.1 Å². The molecule has 4 nitrogen and oxygen atoms in total. The molecular formula is C15H20F3N3O. The van der Waals surface area contributed by atoms with E-state index in [9.17, 15) is 18.0 Å². The Bertz CT molecular complexity index is 485. The molecule has 1 fully saturated rings. The van der Waals surface area contributed by atoms with E-state index in [1.165, 1.54) is 4.90 Å². The van der Waals surface area contributed by atoms with Crippen LogP contribution in [0.1, 0.15) is 24.4 Å². The number of hydrogen-bond donors (Lipinski definition) is 2. The fourth-order valence-electron chi connectivity index (χ4n) is 2.59. The third-order valence-electron chi connectivity index (χ3n) is 3.78. The zero-order chi connectivity index (χ0) is 16.2. The second-order valence-corrected chi connectivity index (χ2v) is 5.56. The molecule has 0 radical (unpaired) electrons. The number of rotatable bonds is 4. The monoisotopic (exact) mass is 315 g/mol. The van der Waals surface area contributed by atoms with Crippen LogP contribution in [0.3, 0.4) is 0 Å². The number of alkyl halides is 3. The first kappa shape index (κ1) is 16.8. The highest BCUT2D eigenvalue weighted by atomic mass is 19.4. The second-order valence-electron chi connectivity index (χ2n) is 5.56. The van der Waals surface area contributed by atoms with Gasteiger partial charge in [-0.05, 0) is 18.4 Å². The highest BCUT2D eigenvalue weighted by Gasteiger charge is 2.33. The van der Waals surface area contributed by atoms with Crippen molar-refractivity contribution in [3.63, 3.8) is 0 Å². The molecule has 1 atom stereocenters. The summed E-state index contributed by atoms with van der Waals surface area (Å²) in [7, 11) is 0. The van der Waals surface area contributed by atoms with Crippen LogP contribution in [0.25, 0.3) is 0 Å². The Kier molecular flexibility index (Phi) is 5.42. The van der Waals surface area contributed by atoms with Crippen LogP contribution >= 0.6 is 0 Å². The number of carbonyl (C=O) groups is 1. The van der Waals surface area contributed by atoms with Crippen molar-refractivity contribution < 1.29 is 18.0 Å². The zero-order valence-corrected chi connectivity index (χ0v) is 12.1. The summed E-state index contributed by atoms with van der Waals surface area (Å²) in [6.07, 6.45) is -3.17. The second kappa shape index (κ2) is 7.11. The number of benzene rings is 1. The molecule has 0 bridgehead atoms. The average Bonchev–Trinajstić information content (AvgIpc) is 2.48. The van der Waals surface area contributed by atoms with Crippen LogP contribution in [0, 0.1) is 0 Å². The van der Waals surface area contributed by atoms with Gasteiger partial charge in [0.15, 0.2) is 0 Å². The lowest BCUT2D eigenvalue weighted by molar-refractivity contribution is -0.148. The minimum atomic E-state index is -4.17. The molecule has 3 N–H and O–H groups in total. The van der Waals surface area contributed by atoms with Crippen LogP contribution in [0.15, 0.2) is 30.3 Å². The van der Waals surface area contributed by atoms with Gasteiger partial charge in [-0.3, -0.25) is 9.69 Å². The maximum atomic E-state index is 12.3. The maximum absolute atomic E-state index is 12.3. The Morgan fingerprint density at radius 3 is 2.41 bits per heavy atom. The number of likely N-dealkylation sites (tertiary alicyclic amines) is 1. The minimum Gasteiger partial charge on any atom is -0.352 e. The summed E-state index contributed by atoms with van der Waals surface area (Å²) in [5.41, 5.74) is 6.61. The fraction of sp³-hybridized carbons (Fsp3) is 0.533. The third kappa shape index (κ3) is 4.99. The average molecular weight is 315 g/mol. The van der Waals surface area contributed by atoms with Crippen LogP contribution in [-0.4, -0.2) is 42.7 Å². The summed E-state index contributed by atoms with van der Waals surface area (Å²) in [5.74, 6) is -0.291. The molecule has 1 heterocycles. The normalized spacial score (nSPS) is 18.9. The summed E-state index contributed by atoms with van der Waals surface area (Å²) < 4.78 is 36.9. The predicted molar refractivity (Wildman–Crippen MR) is 77.0 cm³/mol. The number of nitrogens with zero attached hydrogens (tertiary/aromatic N) is 1. The number of halogens is 3. The van der Waals surface area contributed by atoms with Gasteiger partial charge in [-0.1, -0.05) is 30.3 Å². The molecule has 2 rings (SSSR count). The lowest BCUT2D eigenvalue weighted by Crippen LogP contribution is -2.48. The first-order valence-corrected chi connectivity index (χ1v) is 7.25. The van der Waals surface area contributed by atoms with Crippen LogP contribution in [0.5, 0.6) is 0 Å². The molecule has 1 saturated heterocycles. The van der Waals surface area contributed by atoms with E-state index < -0.39 is 18.8 Å². The van der Waals surface area contributed by atoms with Gasteiger partial charge in [0.25, 0.3) is 0 Å². The highest BCUT2D eigenvalue weighted by Crippen LogP contribution is 2.20. The molecule has 1 aromatic rings. The Labute approximate surface area is 127 Å². The SMILES string of the molecule is NC(C(=O)NC1CCN(CC(F)(F)F)CC1)c1ccccc1. The van der Waals surface area contributed by atoms with Gasteiger partial charge in [0.2, 0.25) is 5.91 Å². The van der Waals surface area contributed by atoms with E-state index in [0.717, 1.165) is 5.56 Å². The van der Waals surface area contributed by atoms with Gasteiger partial charge in [-0.2, -0.15) is 13.2 Å². The number of piperidine rings is 1. The van der Waals surface area contributed by atoms with Crippen molar-refractivity contribution in [3.8, 4) is 0 Å². The molecule has 1 aliphatic heterocycles. The molecule has 7 heteroatoms. The quantitative estimate of drug-likeness (QED) is 0.891. The first-order valence-electron chi connectivity index (χ1n) is 7.25. The highest BCUT2D eigenvalue weighted by molar-refractivity contribution is 5.83. The number of nitrogens with two attached hydrogens (primary N) is 1. The van der Waals surface area contributed by atoms with E-state index in [0.29, 0.717) is 25.9 Å². The molecule has 1 aromatic carbocycles.